The zero-order valence-corrected chi connectivity index (χ0v) is 19.7. The van der Waals surface area contributed by atoms with Crippen LogP contribution in [0.2, 0.25) is 0 Å². The zero-order valence-electron chi connectivity index (χ0n) is 18.9. The minimum atomic E-state index is -3.95. The van der Waals surface area contributed by atoms with Crippen molar-refractivity contribution in [3.63, 3.8) is 0 Å². The van der Waals surface area contributed by atoms with Gasteiger partial charge in [-0.2, -0.15) is 4.72 Å². The number of sulfonamides is 1. The van der Waals surface area contributed by atoms with Gasteiger partial charge < -0.3 is 20.1 Å². The topological polar surface area (TPSA) is 123 Å². The Kier molecular flexibility index (Phi) is 8.06. The van der Waals surface area contributed by atoms with Gasteiger partial charge in [-0.05, 0) is 68.7 Å². The Morgan fingerprint density at radius 3 is 2.52 bits per heavy atom. The van der Waals surface area contributed by atoms with Gasteiger partial charge in [0.2, 0.25) is 21.8 Å². The summed E-state index contributed by atoms with van der Waals surface area (Å²) >= 11 is 0. The number of rotatable bonds is 9. The fourth-order valence-corrected chi connectivity index (χ4v) is 4.53. The summed E-state index contributed by atoms with van der Waals surface area (Å²) in [6, 6.07) is 9.99. The standard InChI is InChI=1S/C23H29N3O6S/c1-15-6-11-21(22(13-15)32-14-19-5-4-12-31-19)25-23(28)16(2)26-33(29,30)20-9-7-18(8-10-20)24-17(3)27/h6-11,13,16,19,26H,4-5,12,14H2,1-3H3,(H,24,27)(H,25,28)/t16-,19?/m0/s1. The number of hydrogen-bond donors (Lipinski definition) is 3. The molecule has 2 aromatic carbocycles. The lowest BCUT2D eigenvalue weighted by Gasteiger charge is -2.18. The highest BCUT2D eigenvalue weighted by molar-refractivity contribution is 7.89. The number of carbonyl (C=O) groups excluding carboxylic acids is 2. The molecule has 2 amide bonds. The molecule has 3 N–H and O–H groups in total. The van der Waals surface area contributed by atoms with Gasteiger partial charge in [0.1, 0.15) is 12.4 Å². The van der Waals surface area contributed by atoms with Crippen LogP contribution in [0.3, 0.4) is 0 Å². The second-order valence-electron chi connectivity index (χ2n) is 7.98. The van der Waals surface area contributed by atoms with Gasteiger partial charge in [-0.3, -0.25) is 9.59 Å². The fraction of sp³-hybridized carbons (Fsp3) is 0.391. The highest BCUT2D eigenvalue weighted by Crippen LogP contribution is 2.27. The third kappa shape index (κ3) is 7.01. The predicted molar refractivity (Wildman–Crippen MR) is 125 cm³/mol. The van der Waals surface area contributed by atoms with Gasteiger partial charge in [0.15, 0.2) is 0 Å². The van der Waals surface area contributed by atoms with Crippen molar-refractivity contribution in [1.82, 2.24) is 4.72 Å². The average molecular weight is 476 g/mol. The van der Waals surface area contributed by atoms with Crippen LogP contribution < -0.4 is 20.1 Å². The quantitative estimate of drug-likeness (QED) is 0.513. The van der Waals surface area contributed by atoms with E-state index in [1.165, 1.54) is 38.1 Å². The maximum Gasteiger partial charge on any atom is 0.242 e. The van der Waals surface area contributed by atoms with Crippen LogP contribution in [0, 0.1) is 6.92 Å². The maximum absolute atomic E-state index is 12.7. The minimum Gasteiger partial charge on any atom is -0.489 e. The Balaban J connectivity index is 1.64. The smallest absolute Gasteiger partial charge is 0.242 e. The number of amides is 2. The normalized spacial score (nSPS) is 16.8. The molecule has 10 heteroatoms. The molecule has 1 fully saturated rings. The van der Waals surface area contributed by atoms with Crippen LogP contribution in [0.25, 0.3) is 0 Å². The molecule has 33 heavy (non-hydrogen) atoms. The van der Waals surface area contributed by atoms with Crippen molar-refractivity contribution < 1.29 is 27.5 Å². The maximum atomic E-state index is 12.7. The Labute approximate surface area is 193 Å². The largest absolute Gasteiger partial charge is 0.489 e. The Hall–Kier alpha value is -2.95. The van der Waals surface area contributed by atoms with E-state index < -0.39 is 22.0 Å². The van der Waals surface area contributed by atoms with Gasteiger partial charge in [0.05, 0.1) is 22.7 Å². The van der Waals surface area contributed by atoms with Crippen molar-refractivity contribution in [3.05, 3.63) is 48.0 Å². The molecule has 1 saturated heterocycles. The summed E-state index contributed by atoms with van der Waals surface area (Å²) in [4.78, 5) is 23.8. The van der Waals surface area contributed by atoms with Crippen LogP contribution in [0.4, 0.5) is 11.4 Å². The number of hydrogen-bond acceptors (Lipinski definition) is 6. The van der Waals surface area contributed by atoms with Crippen LogP contribution in [0.1, 0.15) is 32.3 Å². The van der Waals surface area contributed by atoms with Crippen LogP contribution in [-0.4, -0.2) is 45.6 Å². The van der Waals surface area contributed by atoms with Crippen molar-refractivity contribution in [3.8, 4) is 5.75 Å². The zero-order chi connectivity index (χ0) is 24.0. The van der Waals surface area contributed by atoms with E-state index in [0.29, 0.717) is 23.7 Å². The highest BCUT2D eigenvalue weighted by Gasteiger charge is 2.23. The Bertz CT molecular complexity index is 1100. The molecule has 3 rings (SSSR count). The van der Waals surface area contributed by atoms with E-state index in [0.717, 1.165) is 25.0 Å². The van der Waals surface area contributed by atoms with E-state index in [1.54, 1.807) is 6.07 Å². The summed E-state index contributed by atoms with van der Waals surface area (Å²) in [6.07, 6.45) is 1.95. The van der Waals surface area contributed by atoms with Crippen molar-refractivity contribution in [1.29, 1.82) is 0 Å². The Morgan fingerprint density at radius 1 is 1.15 bits per heavy atom. The number of ether oxygens (including phenoxy) is 2. The van der Waals surface area contributed by atoms with Crippen molar-refractivity contribution in [2.24, 2.45) is 0 Å². The molecule has 0 aliphatic carbocycles. The summed E-state index contributed by atoms with van der Waals surface area (Å²) in [6.45, 7) is 5.83. The molecule has 1 aliphatic rings. The van der Waals surface area contributed by atoms with Crippen LogP contribution >= 0.6 is 0 Å². The molecule has 9 nitrogen and oxygen atoms in total. The summed E-state index contributed by atoms with van der Waals surface area (Å²) in [5.74, 6) is -0.286. The third-order valence-corrected chi connectivity index (χ3v) is 6.61. The van der Waals surface area contributed by atoms with Gasteiger partial charge in [-0.15, -0.1) is 0 Å². The molecule has 2 atom stereocenters. The lowest BCUT2D eigenvalue weighted by molar-refractivity contribution is -0.117. The number of carbonyl (C=O) groups is 2. The first kappa shape index (κ1) is 24.7. The molecule has 0 saturated carbocycles. The van der Waals surface area contributed by atoms with Gasteiger partial charge >= 0.3 is 0 Å². The lowest BCUT2D eigenvalue weighted by atomic mass is 10.2. The van der Waals surface area contributed by atoms with E-state index in [1.807, 2.05) is 19.1 Å². The lowest BCUT2D eigenvalue weighted by Crippen LogP contribution is -2.41. The second kappa shape index (κ2) is 10.8. The SMILES string of the molecule is CC(=O)Nc1ccc(S(=O)(=O)N[C@@H](C)C(=O)Nc2ccc(C)cc2OCC2CCCO2)cc1. The summed E-state index contributed by atoms with van der Waals surface area (Å²) in [5.41, 5.74) is 1.89. The fourth-order valence-electron chi connectivity index (χ4n) is 3.33. The molecule has 2 aromatic rings. The van der Waals surface area contributed by atoms with E-state index in [-0.39, 0.29) is 16.9 Å². The third-order valence-electron chi connectivity index (χ3n) is 5.05. The molecular formula is C23H29N3O6S. The van der Waals surface area contributed by atoms with Crippen molar-refractivity contribution in [2.45, 2.75) is 50.7 Å². The molecule has 1 heterocycles. The van der Waals surface area contributed by atoms with Crippen molar-refractivity contribution in [2.75, 3.05) is 23.8 Å². The van der Waals surface area contributed by atoms with E-state index in [4.69, 9.17) is 9.47 Å². The first-order valence-corrected chi connectivity index (χ1v) is 12.2. The second-order valence-corrected chi connectivity index (χ2v) is 9.70. The first-order valence-electron chi connectivity index (χ1n) is 10.7. The average Bonchev–Trinajstić information content (AvgIpc) is 3.27. The van der Waals surface area contributed by atoms with Gasteiger partial charge in [0.25, 0.3) is 0 Å². The minimum absolute atomic E-state index is 0.0211. The number of nitrogens with one attached hydrogen (secondary N) is 3. The summed E-state index contributed by atoms with van der Waals surface area (Å²) in [7, 11) is -3.95. The summed E-state index contributed by atoms with van der Waals surface area (Å²) < 4.78 is 39.2. The van der Waals surface area contributed by atoms with Gasteiger partial charge in [0, 0.05) is 19.2 Å². The Morgan fingerprint density at radius 2 is 1.88 bits per heavy atom. The highest BCUT2D eigenvalue weighted by atomic mass is 32.2. The number of benzene rings is 2. The molecule has 0 spiro atoms. The van der Waals surface area contributed by atoms with Crippen LogP contribution in [0.5, 0.6) is 5.75 Å². The van der Waals surface area contributed by atoms with Crippen molar-refractivity contribution >= 4 is 33.2 Å². The molecule has 0 radical (unpaired) electrons. The molecule has 1 aliphatic heterocycles. The van der Waals surface area contributed by atoms with E-state index in [2.05, 4.69) is 15.4 Å². The van der Waals surface area contributed by atoms with Crippen LogP contribution in [-0.2, 0) is 24.3 Å². The van der Waals surface area contributed by atoms with E-state index in [9.17, 15) is 18.0 Å². The monoisotopic (exact) mass is 475 g/mol. The number of anilines is 2. The van der Waals surface area contributed by atoms with E-state index >= 15 is 0 Å². The van der Waals surface area contributed by atoms with Gasteiger partial charge in [-0.1, -0.05) is 6.07 Å². The predicted octanol–water partition coefficient (Wildman–Crippen LogP) is 2.82. The molecule has 1 unspecified atom stereocenters. The molecule has 0 bridgehead atoms. The molecule has 0 aromatic heterocycles. The van der Waals surface area contributed by atoms with Crippen LogP contribution in [0.15, 0.2) is 47.4 Å². The molecule has 178 valence electrons. The summed E-state index contributed by atoms with van der Waals surface area (Å²) in [5, 5.41) is 5.31. The van der Waals surface area contributed by atoms with Gasteiger partial charge in [-0.25, -0.2) is 8.42 Å². The molecular weight excluding hydrogens is 446 g/mol. The first-order chi connectivity index (χ1) is 15.6. The number of aryl methyl sites for hydroxylation is 1.